The molecule has 0 aromatic rings. The van der Waals surface area contributed by atoms with Gasteiger partial charge in [0.05, 0.1) is 0 Å². The Bertz CT molecular complexity index is 248. The molecule has 3 nitrogen and oxygen atoms in total. The zero-order chi connectivity index (χ0) is 13.7. The third kappa shape index (κ3) is 5.05. The fraction of sp³-hybridized carbons (Fsp3) is 1.00. The predicted octanol–water partition coefficient (Wildman–Crippen LogP) is 2.31. The van der Waals surface area contributed by atoms with Gasteiger partial charge in [0.25, 0.3) is 0 Å². The summed E-state index contributed by atoms with van der Waals surface area (Å²) in [6.45, 7) is 11.2. The molecule has 0 saturated carbocycles. The molecule has 2 fully saturated rings. The Morgan fingerprint density at radius 1 is 1.11 bits per heavy atom. The maximum absolute atomic E-state index is 5.81. The van der Waals surface area contributed by atoms with Crippen molar-refractivity contribution in [2.24, 2.45) is 11.7 Å². The normalized spacial score (nSPS) is 28.9. The Morgan fingerprint density at radius 2 is 1.84 bits per heavy atom. The molecule has 112 valence electrons. The highest BCUT2D eigenvalue weighted by atomic mass is 15.3. The quantitative estimate of drug-likeness (QED) is 0.768. The number of hydrogen-bond donors (Lipinski definition) is 1. The van der Waals surface area contributed by atoms with E-state index in [2.05, 4.69) is 23.6 Å². The smallest absolute Gasteiger partial charge is 0.0235 e. The first-order valence-corrected chi connectivity index (χ1v) is 8.37. The van der Waals surface area contributed by atoms with Gasteiger partial charge in [-0.3, -0.25) is 4.90 Å². The van der Waals surface area contributed by atoms with Gasteiger partial charge in [-0.25, -0.2) is 0 Å². The fourth-order valence-electron chi connectivity index (χ4n) is 3.70. The minimum atomic E-state index is 0.374. The van der Waals surface area contributed by atoms with Gasteiger partial charge in [0.15, 0.2) is 0 Å². The largest absolute Gasteiger partial charge is 0.328 e. The lowest BCUT2D eigenvalue weighted by Crippen LogP contribution is -2.36. The van der Waals surface area contributed by atoms with Crippen molar-refractivity contribution in [1.29, 1.82) is 0 Å². The Labute approximate surface area is 119 Å². The van der Waals surface area contributed by atoms with Crippen LogP contribution in [0.2, 0.25) is 0 Å². The van der Waals surface area contributed by atoms with Gasteiger partial charge in [0.2, 0.25) is 0 Å². The molecular formula is C16H33N3. The number of likely N-dealkylation sites (tertiary alicyclic amines) is 2. The second kappa shape index (κ2) is 7.61. The first-order valence-electron chi connectivity index (χ1n) is 8.37. The van der Waals surface area contributed by atoms with Crippen LogP contribution in [-0.2, 0) is 0 Å². The van der Waals surface area contributed by atoms with E-state index >= 15 is 0 Å². The van der Waals surface area contributed by atoms with Gasteiger partial charge in [-0.15, -0.1) is 0 Å². The van der Waals surface area contributed by atoms with Crippen molar-refractivity contribution in [3.05, 3.63) is 0 Å². The molecule has 3 atom stereocenters. The average molecular weight is 267 g/mol. The second-order valence-electron chi connectivity index (χ2n) is 6.96. The molecule has 2 N–H and O–H groups in total. The van der Waals surface area contributed by atoms with E-state index in [1.165, 1.54) is 71.2 Å². The van der Waals surface area contributed by atoms with Crippen molar-refractivity contribution in [2.45, 2.75) is 64.5 Å². The summed E-state index contributed by atoms with van der Waals surface area (Å²) in [5.74, 6) is 0.830. The van der Waals surface area contributed by atoms with Gasteiger partial charge < -0.3 is 10.6 Å². The summed E-state index contributed by atoms with van der Waals surface area (Å²) in [6, 6.07) is 1.23. The van der Waals surface area contributed by atoms with E-state index in [1.807, 2.05) is 0 Å². The molecule has 3 heteroatoms. The lowest BCUT2D eigenvalue weighted by atomic mass is 10.0. The van der Waals surface area contributed by atoms with Crippen LogP contribution >= 0.6 is 0 Å². The van der Waals surface area contributed by atoms with Crippen molar-refractivity contribution in [3.63, 3.8) is 0 Å². The summed E-state index contributed by atoms with van der Waals surface area (Å²) in [5.41, 5.74) is 5.81. The lowest BCUT2D eigenvalue weighted by molar-refractivity contribution is 0.218. The maximum Gasteiger partial charge on any atom is 0.0235 e. The monoisotopic (exact) mass is 267 g/mol. The summed E-state index contributed by atoms with van der Waals surface area (Å²) in [4.78, 5) is 5.42. The molecule has 0 aromatic heterocycles. The Balaban J connectivity index is 1.61. The molecule has 0 spiro atoms. The summed E-state index contributed by atoms with van der Waals surface area (Å²) in [7, 11) is 0. The Kier molecular flexibility index (Phi) is 6.11. The Hall–Kier alpha value is -0.120. The molecule has 0 radical (unpaired) electrons. The molecule has 2 heterocycles. The Morgan fingerprint density at radius 3 is 2.53 bits per heavy atom. The van der Waals surface area contributed by atoms with Crippen LogP contribution in [0, 0.1) is 5.92 Å². The van der Waals surface area contributed by atoms with Crippen LogP contribution < -0.4 is 5.73 Å². The molecule has 2 saturated heterocycles. The first kappa shape index (κ1) is 15.3. The maximum atomic E-state index is 5.81. The highest BCUT2D eigenvalue weighted by molar-refractivity contribution is 4.86. The third-order valence-electron chi connectivity index (χ3n) is 4.83. The predicted molar refractivity (Wildman–Crippen MR) is 82.3 cm³/mol. The summed E-state index contributed by atoms with van der Waals surface area (Å²) >= 11 is 0. The molecule has 3 unspecified atom stereocenters. The van der Waals surface area contributed by atoms with Crippen molar-refractivity contribution in [3.8, 4) is 0 Å². The highest BCUT2D eigenvalue weighted by Crippen LogP contribution is 2.22. The zero-order valence-corrected chi connectivity index (χ0v) is 13.0. The summed E-state index contributed by atoms with van der Waals surface area (Å²) in [6.07, 6.45) is 8.05. The molecule has 0 aliphatic carbocycles. The van der Waals surface area contributed by atoms with Crippen LogP contribution in [0.4, 0.5) is 0 Å². The minimum Gasteiger partial charge on any atom is -0.328 e. The van der Waals surface area contributed by atoms with E-state index in [0.717, 1.165) is 12.0 Å². The van der Waals surface area contributed by atoms with Crippen LogP contribution in [-0.4, -0.2) is 54.6 Å². The molecule has 0 amide bonds. The number of hydrogen-bond acceptors (Lipinski definition) is 3. The van der Waals surface area contributed by atoms with Gasteiger partial charge in [0.1, 0.15) is 0 Å². The van der Waals surface area contributed by atoms with Crippen molar-refractivity contribution < 1.29 is 0 Å². The first-order chi connectivity index (χ1) is 9.15. The van der Waals surface area contributed by atoms with E-state index in [-0.39, 0.29) is 0 Å². The van der Waals surface area contributed by atoms with Gasteiger partial charge in [-0.05, 0) is 64.6 Å². The number of nitrogens with two attached hydrogens (primary N) is 1. The van der Waals surface area contributed by atoms with E-state index in [0.29, 0.717) is 6.04 Å². The van der Waals surface area contributed by atoms with Gasteiger partial charge in [-0.2, -0.15) is 0 Å². The van der Waals surface area contributed by atoms with E-state index < -0.39 is 0 Å². The van der Waals surface area contributed by atoms with Crippen molar-refractivity contribution in [2.75, 3.05) is 32.7 Å². The molecule has 2 aliphatic heterocycles. The molecular weight excluding hydrogens is 234 g/mol. The summed E-state index contributed by atoms with van der Waals surface area (Å²) in [5, 5.41) is 0. The molecule has 0 aromatic carbocycles. The van der Waals surface area contributed by atoms with Crippen LogP contribution in [0.25, 0.3) is 0 Å². The van der Waals surface area contributed by atoms with Gasteiger partial charge >= 0.3 is 0 Å². The molecule has 2 rings (SSSR count). The lowest BCUT2D eigenvalue weighted by Gasteiger charge is -2.25. The SMILES string of the molecule is CC(N)CCCC(C)CN1CCC(N2CCCC2)C1. The van der Waals surface area contributed by atoms with E-state index in [4.69, 9.17) is 5.73 Å². The van der Waals surface area contributed by atoms with Crippen molar-refractivity contribution in [1.82, 2.24) is 9.80 Å². The zero-order valence-electron chi connectivity index (χ0n) is 13.0. The fourth-order valence-corrected chi connectivity index (χ4v) is 3.70. The van der Waals surface area contributed by atoms with Crippen LogP contribution in [0.3, 0.4) is 0 Å². The number of nitrogens with zero attached hydrogens (tertiary/aromatic N) is 2. The highest BCUT2D eigenvalue weighted by Gasteiger charge is 2.29. The topological polar surface area (TPSA) is 32.5 Å². The van der Waals surface area contributed by atoms with E-state index in [9.17, 15) is 0 Å². The van der Waals surface area contributed by atoms with Crippen LogP contribution in [0.15, 0.2) is 0 Å². The molecule has 19 heavy (non-hydrogen) atoms. The van der Waals surface area contributed by atoms with Gasteiger partial charge in [-0.1, -0.05) is 13.3 Å². The standard InChI is InChI=1S/C16H33N3/c1-14(6-5-7-15(2)17)12-18-11-8-16(13-18)19-9-3-4-10-19/h14-16H,3-13,17H2,1-2H3. The second-order valence-corrected chi connectivity index (χ2v) is 6.96. The van der Waals surface area contributed by atoms with Crippen LogP contribution in [0.1, 0.15) is 52.4 Å². The van der Waals surface area contributed by atoms with Crippen LogP contribution in [0.5, 0.6) is 0 Å². The average Bonchev–Trinajstić information content (AvgIpc) is 2.97. The van der Waals surface area contributed by atoms with Gasteiger partial charge in [0, 0.05) is 25.2 Å². The number of rotatable bonds is 7. The van der Waals surface area contributed by atoms with E-state index in [1.54, 1.807) is 0 Å². The summed E-state index contributed by atoms with van der Waals surface area (Å²) < 4.78 is 0. The third-order valence-corrected chi connectivity index (χ3v) is 4.83. The van der Waals surface area contributed by atoms with Crippen molar-refractivity contribution >= 4 is 0 Å². The molecule has 2 aliphatic rings. The molecule has 0 bridgehead atoms. The minimum absolute atomic E-state index is 0.374.